The highest BCUT2D eigenvalue weighted by molar-refractivity contribution is 5.81. The Morgan fingerprint density at radius 2 is 2.22 bits per heavy atom. The summed E-state index contributed by atoms with van der Waals surface area (Å²) in [4.78, 5) is 33.8. The van der Waals surface area contributed by atoms with Gasteiger partial charge in [0.1, 0.15) is 19.7 Å². The van der Waals surface area contributed by atoms with E-state index in [1.54, 1.807) is 0 Å². The van der Waals surface area contributed by atoms with E-state index >= 15 is 0 Å². The van der Waals surface area contributed by atoms with Gasteiger partial charge in [0.2, 0.25) is 5.91 Å². The summed E-state index contributed by atoms with van der Waals surface area (Å²) >= 11 is 0. The van der Waals surface area contributed by atoms with E-state index in [2.05, 4.69) is 0 Å². The predicted molar refractivity (Wildman–Crippen MR) is 61.4 cm³/mol. The van der Waals surface area contributed by atoms with Crippen LogP contribution in [-0.4, -0.2) is 59.2 Å². The molecule has 7 heteroatoms. The van der Waals surface area contributed by atoms with E-state index in [9.17, 15) is 14.4 Å². The molecule has 0 spiro atoms. The molecule has 1 heterocycles. The summed E-state index contributed by atoms with van der Waals surface area (Å²) in [6.07, 6.45) is 1.84. The average molecular weight is 258 g/mol. The van der Waals surface area contributed by atoms with Crippen molar-refractivity contribution in [2.24, 2.45) is 0 Å². The minimum absolute atomic E-state index is 0.0782. The van der Waals surface area contributed by atoms with Crippen LogP contribution in [0.15, 0.2) is 0 Å². The van der Waals surface area contributed by atoms with Gasteiger partial charge in [-0.05, 0) is 6.42 Å². The molecule has 102 valence electrons. The van der Waals surface area contributed by atoms with Crippen LogP contribution in [0.4, 0.5) is 0 Å². The number of nitrogens with zero attached hydrogens (tertiary/aromatic N) is 2. The second-order valence-corrected chi connectivity index (χ2v) is 4.06. The number of cyclic esters (lactones) is 1. The van der Waals surface area contributed by atoms with Crippen LogP contribution in [0.3, 0.4) is 0 Å². The lowest BCUT2D eigenvalue weighted by Crippen LogP contribution is -2.54. The van der Waals surface area contributed by atoms with Crippen LogP contribution in [0.25, 0.3) is 0 Å². The highest BCUT2D eigenvalue weighted by Crippen LogP contribution is 2.08. The Morgan fingerprint density at radius 1 is 1.50 bits per heavy atom. The van der Waals surface area contributed by atoms with Crippen molar-refractivity contribution in [3.8, 4) is 0 Å². The van der Waals surface area contributed by atoms with Gasteiger partial charge in [0.05, 0.1) is 6.54 Å². The number of carbonyl (C=O) groups is 3. The van der Waals surface area contributed by atoms with Crippen molar-refractivity contribution in [2.45, 2.75) is 26.2 Å². The van der Waals surface area contributed by atoms with Gasteiger partial charge in [-0.2, -0.15) is 0 Å². The zero-order valence-corrected chi connectivity index (χ0v) is 10.4. The Bertz CT molecular complexity index is 331. The Balaban J connectivity index is 2.66. The minimum atomic E-state index is -1.10. The van der Waals surface area contributed by atoms with Crippen molar-refractivity contribution in [2.75, 3.05) is 26.2 Å². The lowest BCUT2D eigenvalue weighted by atomic mass is 10.2. The van der Waals surface area contributed by atoms with Crippen LogP contribution in [0.1, 0.15) is 26.2 Å². The van der Waals surface area contributed by atoms with Crippen LogP contribution in [0.5, 0.6) is 0 Å². The van der Waals surface area contributed by atoms with Crippen LogP contribution >= 0.6 is 0 Å². The van der Waals surface area contributed by atoms with Gasteiger partial charge in [-0.25, -0.2) is 5.01 Å². The maximum Gasteiger partial charge on any atom is 0.324 e. The van der Waals surface area contributed by atoms with Crippen molar-refractivity contribution in [3.63, 3.8) is 0 Å². The minimum Gasteiger partial charge on any atom is -0.480 e. The molecule has 0 unspecified atom stereocenters. The molecule has 0 atom stereocenters. The smallest absolute Gasteiger partial charge is 0.324 e. The summed E-state index contributed by atoms with van der Waals surface area (Å²) < 4.78 is 4.76. The number of hydrogen-bond acceptors (Lipinski definition) is 5. The van der Waals surface area contributed by atoms with Gasteiger partial charge in [0.15, 0.2) is 0 Å². The van der Waals surface area contributed by atoms with Crippen LogP contribution in [-0.2, 0) is 19.1 Å². The van der Waals surface area contributed by atoms with Gasteiger partial charge in [-0.15, -0.1) is 0 Å². The number of carbonyl (C=O) groups excluding carboxylic acids is 2. The molecular weight excluding hydrogens is 240 g/mol. The monoisotopic (exact) mass is 258 g/mol. The maximum absolute atomic E-state index is 11.9. The largest absolute Gasteiger partial charge is 0.480 e. The first-order valence-electron chi connectivity index (χ1n) is 5.97. The number of hydrogen-bond donors (Lipinski definition) is 1. The van der Waals surface area contributed by atoms with Crippen LogP contribution in [0.2, 0.25) is 0 Å². The molecule has 1 aliphatic rings. The molecule has 0 aromatic carbocycles. The molecule has 1 aliphatic heterocycles. The molecule has 0 saturated carbocycles. The maximum atomic E-state index is 11.9. The third kappa shape index (κ3) is 4.33. The fraction of sp³-hybridized carbons (Fsp3) is 0.727. The Hall–Kier alpha value is -1.63. The van der Waals surface area contributed by atoms with E-state index in [1.165, 1.54) is 5.01 Å². The Morgan fingerprint density at radius 3 is 2.78 bits per heavy atom. The summed E-state index contributed by atoms with van der Waals surface area (Å²) in [5.41, 5.74) is 0. The molecular formula is C11H18N2O5. The molecule has 1 N–H and O–H groups in total. The van der Waals surface area contributed by atoms with Gasteiger partial charge in [0.25, 0.3) is 0 Å². The standard InChI is InChI=1S/C11H18N2O5/c1-2-3-4-9(14)13(7-10(15)16)12-5-6-18-11(17)8-12/h2-8H2,1H3,(H,15,16). The number of morpholine rings is 1. The van der Waals surface area contributed by atoms with Gasteiger partial charge < -0.3 is 9.84 Å². The first kappa shape index (κ1) is 14.4. The van der Waals surface area contributed by atoms with E-state index in [0.717, 1.165) is 11.4 Å². The van der Waals surface area contributed by atoms with Crippen molar-refractivity contribution in [1.82, 2.24) is 10.0 Å². The number of ether oxygens (including phenoxy) is 1. The molecule has 1 amide bonds. The molecule has 1 rings (SSSR count). The first-order valence-corrected chi connectivity index (χ1v) is 5.97. The number of carboxylic acids is 1. The van der Waals surface area contributed by atoms with Crippen molar-refractivity contribution >= 4 is 17.8 Å². The highest BCUT2D eigenvalue weighted by Gasteiger charge is 2.28. The van der Waals surface area contributed by atoms with Gasteiger partial charge >= 0.3 is 11.9 Å². The fourth-order valence-electron chi connectivity index (χ4n) is 1.68. The van der Waals surface area contributed by atoms with Crippen LogP contribution < -0.4 is 0 Å². The van der Waals surface area contributed by atoms with Crippen LogP contribution in [0, 0.1) is 0 Å². The normalized spacial score (nSPS) is 16.2. The third-order valence-electron chi connectivity index (χ3n) is 2.58. The van der Waals surface area contributed by atoms with E-state index in [0.29, 0.717) is 13.0 Å². The molecule has 1 saturated heterocycles. The Labute approximate surface area is 105 Å². The summed E-state index contributed by atoms with van der Waals surface area (Å²) in [6, 6.07) is 0. The van der Waals surface area contributed by atoms with E-state index < -0.39 is 18.5 Å². The Kier molecular flexibility index (Phi) is 5.57. The van der Waals surface area contributed by atoms with Gasteiger partial charge in [-0.1, -0.05) is 13.3 Å². The van der Waals surface area contributed by atoms with Crippen molar-refractivity contribution in [1.29, 1.82) is 0 Å². The topological polar surface area (TPSA) is 87.2 Å². The molecule has 0 bridgehead atoms. The molecule has 18 heavy (non-hydrogen) atoms. The number of aliphatic carboxylic acids is 1. The molecule has 0 aromatic heterocycles. The van der Waals surface area contributed by atoms with Gasteiger partial charge in [-0.3, -0.25) is 19.4 Å². The summed E-state index contributed by atoms with van der Waals surface area (Å²) in [7, 11) is 0. The van der Waals surface area contributed by atoms with Crippen molar-refractivity contribution in [3.05, 3.63) is 0 Å². The van der Waals surface area contributed by atoms with Crippen molar-refractivity contribution < 1.29 is 24.2 Å². The first-order chi connectivity index (χ1) is 8.54. The number of esters is 1. The summed E-state index contributed by atoms with van der Waals surface area (Å²) in [5, 5.41) is 11.4. The van der Waals surface area contributed by atoms with Gasteiger partial charge in [0, 0.05) is 6.42 Å². The van der Waals surface area contributed by atoms with E-state index in [-0.39, 0.29) is 25.5 Å². The van der Waals surface area contributed by atoms with E-state index in [4.69, 9.17) is 9.84 Å². The molecule has 0 aromatic rings. The zero-order valence-electron chi connectivity index (χ0n) is 10.4. The number of amides is 1. The number of hydrazine groups is 1. The average Bonchev–Trinajstić information content (AvgIpc) is 2.32. The second-order valence-electron chi connectivity index (χ2n) is 4.06. The highest BCUT2D eigenvalue weighted by atomic mass is 16.5. The summed E-state index contributed by atoms with van der Waals surface area (Å²) in [5.74, 6) is -1.81. The molecule has 1 fully saturated rings. The SMILES string of the molecule is CCCCC(=O)N(CC(=O)O)N1CCOC(=O)C1. The number of unbranched alkanes of at least 4 members (excludes halogenated alkanes) is 1. The van der Waals surface area contributed by atoms with E-state index in [1.807, 2.05) is 6.92 Å². The predicted octanol–water partition coefficient (Wildman–Crippen LogP) is -0.136. The fourth-order valence-corrected chi connectivity index (χ4v) is 1.68. The summed E-state index contributed by atoms with van der Waals surface area (Å²) in [6.45, 7) is 1.97. The quantitative estimate of drug-likeness (QED) is 0.667. The lowest BCUT2D eigenvalue weighted by Gasteiger charge is -2.35. The lowest BCUT2D eigenvalue weighted by molar-refractivity contribution is -0.175. The molecule has 0 radical (unpaired) electrons. The number of carboxylic acid groups (broad SMARTS) is 1. The zero-order chi connectivity index (χ0) is 13.5. The second kappa shape index (κ2) is 6.95. The molecule has 7 nitrogen and oxygen atoms in total. The number of rotatable bonds is 6. The molecule has 0 aliphatic carbocycles. The third-order valence-corrected chi connectivity index (χ3v) is 2.58.